The minimum Gasteiger partial charge on any atom is -0.333 e. The van der Waals surface area contributed by atoms with E-state index in [0.717, 1.165) is 12.8 Å². The summed E-state index contributed by atoms with van der Waals surface area (Å²) >= 11 is 1.77. The Morgan fingerprint density at radius 3 is 2.66 bits per heavy atom. The molecule has 1 aliphatic rings. The first kappa shape index (κ1) is 21.6. The van der Waals surface area contributed by atoms with Crippen molar-refractivity contribution >= 4 is 23.2 Å². The summed E-state index contributed by atoms with van der Waals surface area (Å²) in [5.41, 5.74) is 3.60. The van der Waals surface area contributed by atoms with Crippen molar-refractivity contribution in [2.24, 2.45) is 5.92 Å². The van der Waals surface area contributed by atoms with Gasteiger partial charge in [0.05, 0.1) is 12.6 Å². The van der Waals surface area contributed by atoms with E-state index in [4.69, 9.17) is 0 Å². The maximum absolute atomic E-state index is 13.4. The van der Waals surface area contributed by atoms with Crippen molar-refractivity contribution in [1.29, 1.82) is 0 Å². The highest BCUT2D eigenvalue weighted by Crippen LogP contribution is 2.39. The third-order valence-electron chi connectivity index (χ3n) is 5.52. The maximum atomic E-state index is 13.4. The summed E-state index contributed by atoms with van der Waals surface area (Å²) in [4.78, 5) is 31.2. The predicted octanol–water partition coefficient (Wildman–Crippen LogP) is 4.82. The molecule has 1 unspecified atom stereocenters. The van der Waals surface area contributed by atoms with Crippen LogP contribution in [0.3, 0.4) is 0 Å². The summed E-state index contributed by atoms with van der Waals surface area (Å²) in [6.07, 6.45) is 2.23. The molecule has 0 fully saturated rings. The van der Waals surface area contributed by atoms with Crippen LogP contribution in [-0.2, 0) is 16.0 Å². The Kier molecular flexibility index (Phi) is 7.12. The van der Waals surface area contributed by atoms with Gasteiger partial charge in [0, 0.05) is 24.4 Å². The fourth-order valence-electron chi connectivity index (χ4n) is 4.11. The van der Waals surface area contributed by atoms with Crippen molar-refractivity contribution in [3.8, 4) is 0 Å². The van der Waals surface area contributed by atoms with E-state index in [1.165, 1.54) is 21.6 Å². The lowest BCUT2D eigenvalue weighted by molar-refractivity contribution is -0.142. The van der Waals surface area contributed by atoms with Crippen molar-refractivity contribution in [1.82, 2.24) is 9.80 Å². The van der Waals surface area contributed by atoms with Crippen LogP contribution in [0.2, 0.25) is 0 Å². The first-order valence-electron chi connectivity index (χ1n) is 10.6. The fourth-order valence-corrected chi connectivity index (χ4v) is 5.01. The maximum Gasteiger partial charge on any atom is 0.242 e. The van der Waals surface area contributed by atoms with E-state index < -0.39 is 0 Å². The molecule has 2 aromatic rings. The molecule has 2 amide bonds. The zero-order valence-electron chi connectivity index (χ0n) is 18.0. The summed E-state index contributed by atoms with van der Waals surface area (Å²) in [5, 5.41) is 2.12. The van der Waals surface area contributed by atoms with Crippen LogP contribution in [0.4, 0.5) is 0 Å². The van der Waals surface area contributed by atoms with Crippen molar-refractivity contribution in [3.63, 3.8) is 0 Å². The van der Waals surface area contributed by atoms with E-state index in [9.17, 15) is 9.59 Å². The van der Waals surface area contributed by atoms with Crippen LogP contribution >= 0.6 is 11.3 Å². The molecule has 5 heteroatoms. The first-order valence-corrected chi connectivity index (χ1v) is 11.5. The van der Waals surface area contributed by atoms with Gasteiger partial charge in [0.25, 0.3) is 0 Å². The number of benzene rings is 1. The van der Waals surface area contributed by atoms with Gasteiger partial charge in [-0.2, -0.15) is 0 Å². The predicted molar refractivity (Wildman–Crippen MR) is 119 cm³/mol. The second-order valence-corrected chi connectivity index (χ2v) is 9.31. The smallest absolute Gasteiger partial charge is 0.242 e. The lowest BCUT2D eigenvalue weighted by Crippen LogP contribution is -2.47. The van der Waals surface area contributed by atoms with Crippen LogP contribution in [0.1, 0.15) is 61.2 Å². The van der Waals surface area contributed by atoms with Gasteiger partial charge in [0.15, 0.2) is 0 Å². The molecular weight excluding hydrogens is 380 g/mol. The minimum atomic E-state index is -0.0672. The summed E-state index contributed by atoms with van der Waals surface area (Å²) in [5.74, 6) is 0.413. The zero-order valence-corrected chi connectivity index (χ0v) is 18.8. The first-order chi connectivity index (χ1) is 13.9. The SMILES string of the molecule is CCCN(CC(=O)N1CCc2sccc2C1c1ccccc1C)C(=O)CC(C)C. The average Bonchev–Trinajstić information content (AvgIpc) is 3.15. The van der Waals surface area contributed by atoms with Gasteiger partial charge >= 0.3 is 0 Å². The number of hydrogen-bond donors (Lipinski definition) is 0. The number of thiophene rings is 1. The molecule has 1 aromatic heterocycles. The summed E-state index contributed by atoms with van der Waals surface area (Å²) in [6.45, 7) is 9.74. The van der Waals surface area contributed by atoms with Crippen LogP contribution in [0.15, 0.2) is 35.7 Å². The average molecular weight is 413 g/mol. The van der Waals surface area contributed by atoms with E-state index in [2.05, 4.69) is 37.4 Å². The molecule has 0 saturated carbocycles. The molecule has 3 rings (SSSR count). The third kappa shape index (κ3) is 4.89. The fraction of sp³-hybridized carbons (Fsp3) is 0.500. The number of carbonyl (C=O) groups excluding carboxylic acids is 2. The van der Waals surface area contributed by atoms with Gasteiger partial charge in [0.1, 0.15) is 0 Å². The van der Waals surface area contributed by atoms with Gasteiger partial charge in [-0.15, -0.1) is 11.3 Å². The van der Waals surface area contributed by atoms with E-state index in [-0.39, 0.29) is 24.4 Å². The molecule has 156 valence electrons. The molecule has 29 heavy (non-hydrogen) atoms. The standard InChI is InChI=1S/C24H32N2O2S/c1-5-12-25(22(27)15-17(2)3)16-23(28)26-13-10-21-20(11-14-29-21)24(26)19-9-7-6-8-18(19)4/h6-9,11,14,17,24H,5,10,12-13,15-16H2,1-4H3. The van der Waals surface area contributed by atoms with Gasteiger partial charge in [-0.05, 0) is 53.8 Å². The summed E-state index contributed by atoms with van der Waals surface area (Å²) in [6, 6.07) is 10.4. The molecule has 0 radical (unpaired) electrons. The van der Waals surface area contributed by atoms with Gasteiger partial charge in [-0.25, -0.2) is 0 Å². The van der Waals surface area contributed by atoms with Crippen molar-refractivity contribution < 1.29 is 9.59 Å². The highest BCUT2D eigenvalue weighted by atomic mass is 32.1. The highest BCUT2D eigenvalue weighted by Gasteiger charge is 2.34. The summed E-state index contributed by atoms with van der Waals surface area (Å²) < 4.78 is 0. The largest absolute Gasteiger partial charge is 0.333 e. The topological polar surface area (TPSA) is 40.6 Å². The molecule has 0 N–H and O–H groups in total. The Labute approximate surface area is 178 Å². The molecule has 1 aliphatic heterocycles. The van der Waals surface area contributed by atoms with Crippen LogP contribution in [0.5, 0.6) is 0 Å². The lowest BCUT2D eigenvalue weighted by atomic mass is 9.90. The monoisotopic (exact) mass is 412 g/mol. The second-order valence-electron chi connectivity index (χ2n) is 8.31. The van der Waals surface area contributed by atoms with Crippen LogP contribution in [0.25, 0.3) is 0 Å². The molecule has 2 heterocycles. The number of carbonyl (C=O) groups is 2. The number of nitrogens with zero attached hydrogens (tertiary/aromatic N) is 2. The number of aryl methyl sites for hydroxylation is 1. The van der Waals surface area contributed by atoms with Gasteiger partial charge in [-0.1, -0.05) is 45.0 Å². The molecule has 0 bridgehead atoms. The second kappa shape index (κ2) is 9.57. The van der Waals surface area contributed by atoms with Crippen LogP contribution in [-0.4, -0.2) is 41.2 Å². The van der Waals surface area contributed by atoms with Gasteiger partial charge in [0.2, 0.25) is 11.8 Å². The van der Waals surface area contributed by atoms with Crippen molar-refractivity contribution in [3.05, 3.63) is 57.3 Å². The Morgan fingerprint density at radius 2 is 1.97 bits per heavy atom. The number of rotatable bonds is 7. The van der Waals surface area contributed by atoms with Crippen molar-refractivity contribution in [2.75, 3.05) is 19.6 Å². The molecular formula is C24H32N2O2S. The van der Waals surface area contributed by atoms with Gasteiger partial charge < -0.3 is 9.80 Å². The zero-order chi connectivity index (χ0) is 21.0. The van der Waals surface area contributed by atoms with Crippen LogP contribution < -0.4 is 0 Å². The Balaban J connectivity index is 1.88. The molecule has 0 spiro atoms. The lowest BCUT2D eigenvalue weighted by Gasteiger charge is -2.38. The quantitative estimate of drug-likeness (QED) is 0.654. The Morgan fingerprint density at radius 1 is 1.21 bits per heavy atom. The number of fused-ring (bicyclic) bond motifs is 1. The molecule has 0 saturated heterocycles. The van der Waals surface area contributed by atoms with E-state index in [1.54, 1.807) is 16.2 Å². The van der Waals surface area contributed by atoms with E-state index >= 15 is 0 Å². The Hall–Kier alpha value is -2.14. The number of amides is 2. The molecule has 1 aromatic carbocycles. The Bertz CT molecular complexity index is 858. The molecule has 0 aliphatic carbocycles. The van der Waals surface area contributed by atoms with E-state index in [1.807, 2.05) is 30.9 Å². The minimum absolute atomic E-state index is 0.0423. The number of hydrogen-bond acceptors (Lipinski definition) is 3. The van der Waals surface area contributed by atoms with Gasteiger partial charge in [-0.3, -0.25) is 9.59 Å². The highest BCUT2D eigenvalue weighted by molar-refractivity contribution is 7.10. The summed E-state index contributed by atoms with van der Waals surface area (Å²) in [7, 11) is 0. The molecule has 4 nitrogen and oxygen atoms in total. The van der Waals surface area contributed by atoms with E-state index in [0.29, 0.717) is 25.4 Å². The third-order valence-corrected chi connectivity index (χ3v) is 6.52. The normalized spacial score (nSPS) is 16.0. The molecule has 1 atom stereocenters. The van der Waals surface area contributed by atoms with Crippen LogP contribution in [0, 0.1) is 12.8 Å². The van der Waals surface area contributed by atoms with Crippen molar-refractivity contribution in [2.45, 2.75) is 53.0 Å².